The van der Waals surface area contributed by atoms with Gasteiger partial charge < -0.3 is 14.2 Å². The summed E-state index contributed by atoms with van der Waals surface area (Å²) < 4.78 is 32.8. The summed E-state index contributed by atoms with van der Waals surface area (Å²) in [6.45, 7) is 9.02. The lowest BCUT2D eigenvalue weighted by Crippen LogP contribution is -2.37. The van der Waals surface area contributed by atoms with E-state index in [9.17, 15) is 9.59 Å². The highest BCUT2D eigenvalue weighted by molar-refractivity contribution is 6.11. The third-order valence-corrected chi connectivity index (χ3v) is 8.86. The van der Waals surface area contributed by atoms with Crippen LogP contribution < -0.4 is 9.47 Å². The minimum absolute atomic E-state index is 0.00342. The highest BCUT2D eigenvalue weighted by atomic mass is 19.1. The smallest absolute Gasteiger partial charge is 0.166 e. The van der Waals surface area contributed by atoms with Gasteiger partial charge in [-0.1, -0.05) is 35.9 Å². The molecule has 0 N–H and O–H groups in total. The summed E-state index contributed by atoms with van der Waals surface area (Å²) in [7, 11) is 0. The number of halogens is 1. The number of aryl methyl sites for hydroxylation is 2. The molecule has 8 heteroatoms. The topological polar surface area (TPSA) is 78.0 Å². The van der Waals surface area contributed by atoms with Crippen molar-refractivity contribution in [1.82, 2.24) is 9.88 Å². The summed E-state index contributed by atoms with van der Waals surface area (Å²) in [5.74, 6) is 0.512. The third-order valence-electron chi connectivity index (χ3n) is 8.86. The number of benzene rings is 3. The molecule has 0 unspecified atom stereocenters. The maximum absolute atomic E-state index is 15.3. The molecule has 1 aliphatic heterocycles. The zero-order valence-electron chi connectivity index (χ0n) is 25.9. The fraction of sp³-hybridized carbons (Fsp3) is 0.378. The molecule has 0 atom stereocenters. The second kappa shape index (κ2) is 13.5. The molecule has 1 aromatic heterocycles. The Kier molecular flexibility index (Phi) is 9.24. The molecular formula is C37H39FN2O5. The molecule has 3 aromatic carbocycles. The SMILES string of the molecule is Cc1ccc(CC(=O)C2(C(=O)Cc3ccc(Oc4ccnc5cc(OCCCN6CCOCC6)c(C)cc45)c(F)c3)CC2)cc1. The van der Waals surface area contributed by atoms with Gasteiger partial charge in [0, 0.05) is 50.1 Å². The van der Waals surface area contributed by atoms with E-state index in [4.69, 9.17) is 14.2 Å². The molecule has 0 bridgehead atoms. The molecule has 234 valence electrons. The zero-order valence-corrected chi connectivity index (χ0v) is 25.9. The van der Waals surface area contributed by atoms with E-state index in [-0.39, 0.29) is 30.2 Å². The van der Waals surface area contributed by atoms with Gasteiger partial charge in [0.25, 0.3) is 0 Å². The third kappa shape index (κ3) is 7.24. The molecule has 2 aliphatic rings. The largest absolute Gasteiger partial charge is 0.493 e. The van der Waals surface area contributed by atoms with Gasteiger partial charge in [-0.05, 0) is 74.1 Å². The van der Waals surface area contributed by atoms with E-state index in [0.29, 0.717) is 36.3 Å². The first kappa shape index (κ1) is 30.9. The van der Waals surface area contributed by atoms with E-state index < -0.39 is 11.2 Å². The summed E-state index contributed by atoms with van der Waals surface area (Å²) in [6.07, 6.45) is 3.88. The van der Waals surface area contributed by atoms with Crippen LogP contribution in [0.4, 0.5) is 4.39 Å². The Balaban J connectivity index is 1.08. The molecule has 0 radical (unpaired) electrons. The van der Waals surface area contributed by atoms with Crippen molar-refractivity contribution in [2.45, 2.75) is 46.0 Å². The Morgan fingerprint density at radius 1 is 0.889 bits per heavy atom. The van der Waals surface area contributed by atoms with Crippen LogP contribution in [0.5, 0.6) is 17.2 Å². The summed E-state index contributed by atoms with van der Waals surface area (Å²) in [4.78, 5) is 33.2. The number of nitrogens with zero attached hydrogens (tertiary/aromatic N) is 2. The Bertz CT molecular complexity index is 1690. The lowest BCUT2D eigenvalue weighted by atomic mass is 9.87. The molecule has 2 heterocycles. The minimum atomic E-state index is -0.949. The molecule has 0 amide bonds. The van der Waals surface area contributed by atoms with E-state index in [1.54, 1.807) is 18.3 Å². The van der Waals surface area contributed by atoms with E-state index in [1.165, 1.54) is 12.1 Å². The van der Waals surface area contributed by atoms with Gasteiger partial charge in [0.1, 0.15) is 11.5 Å². The molecule has 1 aliphatic carbocycles. The van der Waals surface area contributed by atoms with Crippen LogP contribution in [0.3, 0.4) is 0 Å². The van der Waals surface area contributed by atoms with Gasteiger partial charge in [-0.3, -0.25) is 19.5 Å². The number of rotatable bonds is 13. The minimum Gasteiger partial charge on any atom is -0.493 e. The van der Waals surface area contributed by atoms with Crippen molar-refractivity contribution in [3.05, 3.63) is 94.9 Å². The average Bonchev–Trinajstić information content (AvgIpc) is 3.85. The number of Topliss-reactive ketones (excluding diaryl/α,β-unsaturated/α-hetero) is 2. The molecule has 7 nitrogen and oxygen atoms in total. The lowest BCUT2D eigenvalue weighted by Gasteiger charge is -2.26. The van der Waals surface area contributed by atoms with Crippen LogP contribution >= 0.6 is 0 Å². The number of aromatic nitrogens is 1. The number of carbonyl (C=O) groups excluding carboxylic acids is 2. The molecular weight excluding hydrogens is 571 g/mol. The molecule has 1 saturated heterocycles. The Labute approximate surface area is 263 Å². The number of hydrogen-bond donors (Lipinski definition) is 0. The van der Waals surface area contributed by atoms with Gasteiger partial charge in [-0.25, -0.2) is 4.39 Å². The van der Waals surface area contributed by atoms with Crippen molar-refractivity contribution >= 4 is 22.5 Å². The van der Waals surface area contributed by atoms with Crippen LogP contribution in [0.1, 0.15) is 41.5 Å². The van der Waals surface area contributed by atoms with Gasteiger partial charge in [0.2, 0.25) is 0 Å². The fourth-order valence-electron chi connectivity index (χ4n) is 5.90. The zero-order chi connectivity index (χ0) is 31.4. The van der Waals surface area contributed by atoms with Crippen LogP contribution in [-0.2, 0) is 27.2 Å². The standard InChI is InChI=1S/C37H39FN2O5/c1-25-4-6-27(7-5-25)22-35(41)37(11-12-37)36(42)23-28-8-9-33(30(38)21-28)45-32-10-13-39-31-24-34(26(2)20-29(31)32)44-17-3-14-40-15-18-43-19-16-40/h4-10,13,20-21,24H,3,11-12,14-19,22-23H2,1-2H3. The van der Waals surface area contributed by atoms with Crippen molar-refractivity contribution in [1.29, 1.82) is 0 Å². The van der Waals surface area contributed by atoms with Gasteiger partial charge in [-0.15, -0.1) is 0 Å². The fourth-order valence-corrected chi connectivity index (χ4v) is 5.90. The number of pyridine rings is 1. The Morgan fingerprint density at radius 3 is 2.31 bits per heavy atom. The van der Waals surface area contributed by atoms with Gasteiger partial charge in [-0.2, -0.15) is 0 Å². The van der Waals surface area contributed by atoms with Crippen molar-refractivity contribution in [2.24, 2.45) is 5.41 Å². The number of fused-ring (bicyclic) bond motifs is 1. The van der Waals surface area contributed by atoms with Crippen molar-refractivity contribution in [3.8, 4) is 17.2 Å². The average molecular weight is 611 g/mol. The number of ketones is 2. The number of ether oxygens (including phenoxy) is 3. The summed E-state index contributed by atoms with van der Waals surface area (Å²) in [5.41, 5.74) is 3.22. The van der Waals surface area contributed by atoms with E-state index in [1.807, 2.05) is 50.2 Å². The predicted octanol–water partition coefficient (Wildman–Crippen LogP) is 6.59. The monoisotopic (exact) mass is 610 g/mol. The Hall–Kier alpha value is -4.14. The molecule has 6 rings (SSSR count). The second-order valence-corrected chi connectivity index (χ2v) is 12.2. The number of morpholine rings is 1. The van der Waals surface area contributed by atoms with Gasteiger partial charge >= 0.3 is 0 Å². The quantitative estimate of drug-likeness (QED) is 0.125. The second-order valence-electron chi connectivity index (χ2n) is 12.2. The maximum Gasteiger partial charge on any atom is 0.166 e. The first-order valence-corrected chi connectivity index (χ1v) is 15.7. The molecule has 2 fully saturated rings. The first-order chi connectivity index (χ1) is 21.8. The molecule has 1 saturated carbocycles. The van der Waals surface area contributed by atoms with Crippen molar-refractivity contribution in [3.63, 3.8) is 0 Å². The van der Waals surface area contributed by atoms with Crippen LogP contribution in [0.15, 0.2) is 66.9 Å². The van der Waals surface area contributed by atoms with Crippen LogP contribution in [0.2, 0.25) is 0 Å². The van der Waals surface area contributed by atoms with E-state index in [0.717, 1.165) is 67.1 Å². The van der Waals surface area contributed by atoms with E-state index in [2.05, 4.69) is 9.88 Å². The van der Waals surface area contributed by atoms with Gasteiger partial charge in [0.05, 0.1) is 30.8 Å². The predicted molar refractivity (Wildman–Crippen MR) is 171 cm³/mol. The van der Waals surface area contributed by atoms with Crippen molar-refractivity contribution in [2.75, 3.05) is 39.5 Å². The first-order valence-electron chi connectivity index (χ1n) is 15.7. The lowest BCUT2D eigenvalue weighted by molar-refractivity contribution is -0.133. The maximum atomic E-state index is 15.3. The number of carbonyl (C=O) groups is 2. The number of hydrogen-bond acceptors (Lipinski definition) is 7. The summed E-state index contributed by atoms with van der Waals surface area (Å²) in [5, 5.41) is 0.747. The summed E-state index contributed by atoms with van der Waals surface area (Å²) in [6, 6.07) is 17.9. The van der Waals surface area contributed by atoms with Crippen LogP contribution in [-0.4, -0.2) is 60.9 Å². The molecule has 0 spiro atoms. The highest BCUT2D eigenvalue weighted by Crippen LogP contribution is 2.49. The normalized spacial score (nSPS) is 16.0. The van der Waals surface area contributed by atoms with Crippen LogP contribution in [0, 0.1) is 25.1 Å². The Morgan fingerprint density at radius 2 is 1.60 bits per heavy atom. The highest BCUT2D eigenvalue weighted by Gasteiger charge is 2.54. The summed E-state index contributed by atoms with van der Waals surface area (Å²) >= 11 is 0. The van der Waals surface area contributed by atoms with E-state index >= 15 is 4.39 Å². The van der Waals surface area contributed by atoms with Gasteiger partial charge in [0.15, 0.2) is 23.1 Å². The van der Waals surface area contributed by atoms with Crippen LogP contribution in [0.25, 0.3) is 10.9 Å². The molecule has 4 aromatic rings. The molecule has 45 heavy (non-hydrogen) atoms. The van der Waals surface area contributed by atoms with Crippen molar-refractivity contribution < 1.29 is 28.2 Å².